The summed E-state index contributed by atoms with van der Waals surface area (Å²) < 4.78 is 11.9. The lowest BCUT2D eigenvalue weighted by Crippen LogP contribution is -2.53. The lowest BCUT2D eigenvalue weighted by atomic mass is 9.66. The number of fused-ring (bicyclic) bond motifs is 1. The van der Waals surface area contributed by atoms with Crippen molar-refractivity contribution in [1.29, 1.82) is 0 Å². The van der Waals surface area contributed by atoms with Gasteiger partial charge in [-0.3, -0.25) is 0 Å². The molecule has 30 heavy (non-hydrogen) atoms. The molecule has 0 spiro atoms. The summed E-state index contributed by atoms with van der Waals surface area (Å²) >= 11 is 0. The van der Waals surface area contributed by atoms with Crippen LogP contribution in [0.25, 0.3) is 0 Å². The quantitative estimate of drug-likeness (QED) is 0.391. The molecule has 0 heterocycles. The molecule has 0 radical (unpaired) electrons. The first-order chi connectivity index (χ1) is 13.9. The van der Waals surface area contributed by atoms with Crippen molar-refractivity contribution in [3.8, 4) is 0 Å². The molecule has 0 aromatic heterocycles. The summed E-state index contributed by atoms with van der Waals surface area (Å²) in [5.74, 6) is -1.10. The van der Waals surface area contributed by atoms with Crippen LogP contribution in [0.3, 0.4) is 0 Å². The zero-order chi connectivity index (χ0) is 22.9. The minimum absolute atomic E-state index is 0.0274. The van der Waals surface area contributed by atoms with Crippen molar-refractivity contribution in [3.63, 3.8) is 0 Å². The van der Waals surface area contributed by atoms with Gasteiger partial charge in [0, 0.05) is 28.9 Å². The van der Waals surface area contributed by atoms with Crippen molar-refractivity contribution >= 4 is 11.9 Å². The van der Waals surface area contributed by atoms with E-state index in [0.717, 1.165) is 5.57 Å². The normalized spacial score (nSPS) is 34.9. The maximum Gasteiger partial charge on any atom is 0.333 e. The Balaban J connectivity index is 2.53. The maximum absolute atomic E-state index is 12.6. The monoisotopic (exact) mass is 418 g/mol. The third kappa shape index (κ3) is 4.41. The molecule has 5 heteroatoms. The first kappa shape index (κ1) is 24.4. The van der Waals surface area contributed by atoms with Crippen LogP contribution in [0, 0.1) is 17.3 Å². The van der Waals surface area contributed by atoms with Gasteiger partial charge in [-0.2, -0.15) is 0 Å². The van der Waals surface area contributed by atoms with Gasteiger partial charge in [0.1, 0.15) is 12.2 Å². The van der Waals surface area contributed by atoms with E-state index in [1.807, 2.05) is 26.8 Å². The van der Waals surface area contributed by atoms with Crippen LogP contribution in [0.5, 0.6) is 0 Å². The average molecular weight is 419 g/mol. The van der Waals surface area contributed by atoms with Gasteiger partial charge in [-0.15, -0.1) is 0 Å². The SMILES string of the molecule is CC=C(C)C(=O)O[C@H]1CC(C)=C[C@@H](OC(=O)C(C)=CC)[C@@]2(C)CC[C@@](O)(C(C)C)[C@H]12. The van der Waals surface area contributed by atoms with Crippen molar-refractivity contribution in [2.75, 3.05) is 0 Å². The van der Waals surface area contributed by atoms with Crippen LogP contribution in [-0.4, -0.2) is 34.9 Å². The summed E-state index contributed by atoms with van der Waals surface area (Å²) in [6.45, 7) is 15.1. The summed E-state index contributed by atoms with van der Waals surface area (Å²) in [6.07, 6.45) is 6.23. The smallest absolute Gasteiger partial charge is 0.333 e. The summed E-state index contributed by atoms with van der Waals surface area (Å²) in [5, 5.41) is 11.7. The number of carbonyl (C=O) groups is 2. The number of hydrogen-bond acceptors (Lipinski definition) is 5. The summed E-state index contributed by atoms with van der Waals surface area (Å²) in [7, 11) is 0. The average Bonchev–Trinajstić information content (AvgIpc) is 2.92. The van der Waals surface area contributed by atoms with Crippen molar-refractivity contribution in [1.82, 2.24) is 0 Å². The molecular formula is C25H38O5. The fourth-order valence-corrected chi connectivity index (χ4v) is 4.97. The highest BCUT2D eigenvalue weighted by Crippen LogP contribution is 2.58. The van der Waals surface area contributed by atoms with Crippen molar-refractivity contribution in [2.45, 2.75) is 92.5 Å². The van der Waals surface area contributed by atoms with E-state index in [1.54, 1.807) is 39.8 Å². The number of aliphatic hydroxyl groups is 1. The van der Waals surface area contributed by atoms with Gasteiger partial charge >= 0.3 is 11.9 Å². The third-order valence-corrected chi connectivity index (χ3v) is 7.30. The first-order valence-corrected chi connectivity index (χ1v) is 11.0. The summed E-state index contributed by atoms with van der Waals surface area (Å²) in [4.78, 5) is 25.2. The molecule has 2 aliphatic carbocycles. The van der Waals surface area contributed by atoms with Crippen LogP contribution in [-0.2, 0) is 19.1 Å². The number of hydrogen-bond donors (Lipinski definition) is 1. The van der Waals surface area contributed by atoms with Gasteiger partial charge in [0.2, 0.25) is 0 Å². The van der Waals surface area contributed by atoms with Crippen LogP contribution in [0.15, 0.2) is 34.9 Å². The van der Waals surface area contributed by atoms with E-state index < -0.39 is 23.2 Å². The maximum atomic E-state index is 12.6. The highest BCUT2D eigenvalue weighted by Gasteiger charge is 2.63. The molecule has 0 aliphatic heterocycles. The van der Waals surface area contributed by atoms with E-state index in [4.69, 9.17) is 9.47 Å². The Morgan fingerprint density at radius 3 is 2.13 bits per heavy atom. The molecule has 1 saturated carbocycles. The zero-order valence-corrected chi connectivity index (χ0v) is 19.7. The Morgan fingerprint density at radius 1 is 1.10 bits per heavy atom. The first-order valence-electron chi connectivity index (χ1n) is 11.0. The number of rotatable bonds is 5. The van der Waals surface area contributed by atoms with Gasteiger partial charge < -0.3 is 14.6 Å². The molecule has 0 amide bonds. The number of carbonyl (C=O) groups excluding carboxylic acids is 2. The standard InChI is InChI=1S/C25H38O5/c1-9-17(6)22(26)29-19-13-16(5)14-20(30-23(27)18(7)10-2)24(8)11-12-25(28,15(3)4)21(19)24/h9-10,14-15,19-21,28H,11-13H2,1-8H3/t19-,20+,21+,24+,25+/m0/s1. The van der Waals surface area contributed by atoms with Gasteiger partial charge in [-0.25, -0.2) is 9.59 Å². The van der Waals surface area contributed by atoms with Crippen LogP contribution in [0.1, 0.15) is 74.7 Å². The van der Waals surface area contributed by atoms with Crippen molar-refractivity contribution < 1.29 is 24.2 Å². The van der Waals surface area contributed by atoms with Gasteiger partial charge in [0.25, 0.3) is 0 Å². The molecule has 2 aliphatic rings. The molecule has 5 nitrogen and oxygen atoms in total. The van der Waals surface area contributed by atoms with Crippen LogP contribution >= 0.6 is 0 Å². The van der Waals surface area contributed by atoms with Crippen LogP contribution in [0.2, 0.25) is 0 Å². The Bertz CT molecular complexity index is 774. The number of esters is 2. The Kier molecular flexibility index (Phi) is 7.39. The van der Waals surface area contributed by atoms with E-state index in [9.17, 15) is 14.7 Å². The molecule has 0 saturated heterocycles. The predicted octanol–water partition coefficient (Wildman–Crippen LogP) is 4.90. The van der Waals surface area contributed by atoms with Crippen molar-refractivity contribution in [2.24, 2.45) is 17.3 Å². The summed E-state index contributed by atoms with van der Waals surface area (Å²) in [6, 6.07) is 0. The minimum Gasteiger partial charge on any atom is -0.458 e. The van der Waals surface area contributed by atoms with E-state index in [2.05, 4.69) is 6.92 Å². The molecule has 0 bridgehead atoms. The lowest BCUT2D eigenvalue weighted by Gasteiger charge is -2.45. The second-order valence-corrected chi connectivity index (χ2v) is 9.56. The molecule has 1 N–H and O–H groups in total. The highest BCUT2D eigenvalue weighted by atomic mass is 16.6. The fourth-order valence-electron chi connectivity index (χ4n) is 4.97. The largest absolute Gasteiger partial charge is 0.458 e. The molecule has 0 unspecified atom stereocenters. The van der Waals surface area contributed by atoms with Gasteiger partial charge in [0.05, 0.1) is 5.60 Å². The molecule has 2 rings (SSSR count). The number of allylic oxidation sites excluding steroid dienone is 2. The van der Waals surface area contributed by atoms with Gasteiger partial charge in [-0.1, -0.05) is 38.5 Å². The van der Waals surface area contributed by atoms with Gasteiger partial charge in [0.15, 0.2) is 0 Å². The van der Waals surface area contributed by atoms with Crippen LogP contribution < -0.4 is 0 Å². The topological polar surface area (TPSA) is 72.8 Å². The Hall–Kier alpha value is -1.88. The third-order valence-electron chi connectivity index (χ3n) is 7.30. The second kappa shape index (κ2) is 9.09. The number of ether oxygens (including phenoxy) is 2. The minimum atomic E-state index is -1.01. The Morgan fingerprint density at radius 2 is 1.63 bits per heavy atom. The van der Waals surface area contributed by atoms with Crippen molar-refractivity contribution in [3.05, 3.63) is 34.9 Å². The highest BCUT2D eigenvalue weighted by molar-refractivity contribution is 5.88. The molecule has 1 fully saturated rings. The molecule has 0 aromatic carbocycles. The molecule has 5 atom stereocenters. The predicted molar refractivity (Wildman–Crippen MR) is 118 cm³/mol. The van der Waals surface area contributed by atoms with E-state index in [0.29, 0.717) is 30.4 Å². The van der Waals surface area contributed by atoms with Gasteiger partial charge in [-0.05, 0) is 59.5 Å². The molecule has 0 aromatic rings. The Labute approximate surface area is 181 Å². The molecular weight excluding hydrogens is 380 g/mol. The van der Waals surface area contributed by atoms with E-state index >= 15 is 0 Å². The van der Waals surface area contributed by atoms with E-state index in [1.165, 1.54) is 0 Å². The second-order valence-electron chi connectivity index (χ2n) is 9.56. The van der Waals surface area contributed by atoms with Crippen LogP contribution in [0.4, 0.5) is 0 Å². The zero-order valence-electron chi connectivity index (χ0n) is 19.7. The van der Waals surface area contributed by atoms with E-state index in [-0.39, 0.29) is 23.8 Å². The molecule has 168 valence electrons. The fraction of sp³-hybridized carbons (Fsp3) is 0.680. The summed E-state index contributed by atoms with van der Waals surface area (Å²) in [5.41, 5.74) is 0.524. The lowest BCUT2D eigenvalue weighted by molar-refractivity contribution is -0.172.